The van der Waals surface area contributed by atoms with Crippen LogP contribution in [0.2, 0.25) is 0 Å². The fraction of sp³-hybridized carbons (Fsp3) is 0.250. The smallest absolute Gasteiger partial charge is 0.356 e. The molecule has 1 aromatic heterocycles. The second kappa shape index (κ2) is 7.40. The van der Waals surface area contributed by atoms with Gasteiger partial charge in [0.1, 0.15) is 36.0 Å². The molecule has 0 aliphatic heterocycles. The van der Waals surface area contributed by atoms with E-state index in [1.165, 1.54) is 5.56 Å². The number of fused-ring (bicyclic) bond motifs is 1. The molecular weight excluding hydrogens is 314 g/mol. The maximum absolute atomic E-state index is 10.4. The van der Waals surface area contributed by atoms with E-state index in [-0.39, 0.29) is 6.61 Å². The third kappa shape index (κ3) is 3.67. The zero-order chi connectivity index (χ0) is 17.8. The van der Waals surface area contributed by atoms with Crippen LogP contribution < -0.4 is 15.0 Å². The van der Waals surface area contributed by atoms with E-state index in [9.17, 15) is 5.11 Å². The molecule has 0 fully saturated rings. The first-order chi connectivity index (χ1) is 12.1. The van der Waals surface area contributed by atoms with Crippen LogP contribution >= 0.6 is 0 Å². The number of imidazole rings is 1. The molecule has 130 valence electrons. The topological polar surface area (TPSA) is 64.3 Å². The highest BCUT2D eigenvalue weighted by Crippen LogP contribution is 2.16. The fourth-order valence-corrected chi connectivity index (χ4v) is 2.92. The Morgan fingerprint density at radius 1 is 1.24 bits per heavy atom. The zero-order valence-electron chi connectivity index (χ0n) is 14.4. The van der Waals surface area contributed by atoms with Crippen molar-refractivity contribution in [1.29, 1.82) is 0 Å². The highest BCUT2D eigenvalue weighted by molar-refractivity contribution is 5.73. The van der Waals surface area contributed by atoms with Gasteiger partial charge in [0.05, 0.1) is 6.54 Å². The Labute approximate surface area is 147 Å². The van der Waals surface area contributed by atoms with Crippen molar-refractivity contribution < 1.29 is 14.4 Å². The van der Waals surface area contributed by atoms with Crippen LogP contribution in [-0.4, -0.2) is 22.4 Å². The summed E-state index contributed by atoms with van der Waals surface area (Å²) < 4.78 is 9.57. The van der Waals surface area contributed by atoms with Crippen LogP contribution in [0.3, 0.4) is 0 Å². The van der Waals surface area contributed by atoms with Crippen LogP contribution in [0.5, 0.6) is 5.75 Å². The van der Waals surface area contributed by atoms with Crippen molar-refractivity contribution in [3.63, 3.8) is 0 Å². The maximum atomic E-state index is 10.4. The molecule has 0 amide bonds. The number of nitrogen functional groups attached to an aromatic ring is 1. The number of aryl methyl sites for hydroxylation is 1. The quantitative estimate of drug-likeness (QED) is 0.514. The van der Waals surface area contributed by atoms with Gasteiger partial charge in [-0.25, -0.2) is 9.13 Å². The number of hydrogen-bond donors (Lipinski definition) is 2. The van der Waals surface area contributed by atoms with Gasteiger partial charge < -0.3 is 9.84 Å². The SMILES string of the molecule is C=CCn1c(N)[n+](C[C@H](O)COc2ccc(C)cc2)c2ccccc21. The number of rotatable bonds is 7. The van der Waals surface area contributed by atoms with E-state index in [1.807, 2.05) is 70.7 Å². The van der Waals surface area contributed by atoms with E-state index in [2.05, 4.69) is 6.58 Å². The van der Waals surface area contributed by atoms with Gasteiger partial charge in [-0.3, -0.25) is 5.73 Å². The summed E-state index contributed by atoms with van der Waals surface area (Å²) >= 11 is 0. The minimum atomic E-state index is -0.670. The minimum absolute atomic E-state index is 0.205. The first-order valence-electron chi connectivity index (χ1n) is 8.35. The summed E-state index contributed by atoms with van der Waals surface area (Å²) in [4.78, 5) is 0. The zero-order valence-corrected chi connectivity index (χ0v) is 14.4. The number of anilines is 1. The van der Waals surface area contributed by atoms with Gasteiger partial charge in [0, 0.05) is 0 Å². The van der Waals surface area contributed by atoms with Crippen LogP contribution in [-0.2, 0) is 13.1 Å². The highest BCUT2D eigenvalue weighted by atomic mass is 16.5. The second-order valence-electron chi connectivity index (χ2n) is 6.13. The van der Waals surface area contributed by atoms with Gasteiger partial charge in [-0.2, -0.15) is 0 Å². The molecule has 0 spiro atoms. The first-order valence-corrected chi connectivity index (χ1v) is 8.35. The molecule has 0 aliphatic carbocycles. The molecule has 1 heterocycles. The van der Waals surface area contributed by atoms with E-state index in [0.29, 0.717) is 19.0 Å². The monoisotopic (exact) mass is 338 g/mol. The molecule has 0 bridgehead atoms. The number of allylic oxidation sites excluding steroid dienone is 1. The summed E-state index contributed by atoms with van der Waals surface area (Å²) in [5.41, 5.74) is 9.48. The maximum Gasteiger partial charge on any atom is 0.356 e. The van der Waals surface area contributed by atoms with Gasteiger partial charge in [0.2, 0.25) is 0 Å². The van der Waals surface area contributed by atoms with Gasteiger partial charge in [0.25, 0.3) is 0 Å². The summed E-state index contributed by atoms with van der Waals surface area (Å²) in [7, 11) is 0. The lowest BCUT2D eigenvalue weighted by Crippen LogP contribution is -2.43. The number of aliphatic hydroxyl groups excluding tert-OH is 1. The molecule has 25 heavy (non-hydrogen) atoms. The third-order valence-corrected chi connectivity index (χ3v) is 4.18. The Bertz CT molecular complexity index is 869. The second-order valence-corrected chi connectivity index (χ2v) is 6.13. The van der Waals surface area contributed by atoms with E-state index < -0.39 is 6.10 Å². The van der Waals surface area contributed by atoms with E-state index in [4.69, 9.17) is 10.5 Å². The average Bonchev–Trinajstić information content (AvgIpc) is 2.88. The van der Waals surface area contributed by atoms with Crippen molar-refractivity contribution in [3.8, 4) is 5.75 Å². The van der Waals surface area contributed by atoms with Crippen molar-refractivity contribution >= 4 is 17.0 Å². The van der Waals surface area contributed by atoms with Crippen LogP contribution in [0.25, 0.3) is 11.0 Å². The lowest BCUT2D eigenvalue weighted by Gasteiger charge is -2.12. The lowest BCUT2D eigenvalue weighted by atomic mass is 10.2. The molecule has 3 N–H and O–H groups in total. The van der Waals surface area contributed by atoms with E-state index in [1.54, 1.807) is 0 Å². The predicted molar refractivity (Wildman–Crippen MR) is 99.4 cm³/mol. The first kappa shape index (κ1) is 17.0. The molecule has 3 rings (SSSR count). The van der Waals surface area contributed by atoms with E-state index >= 15 is 0 Å². The molecule has 0 unspecified atom stereocenters. The Balaban J connectivity index is 1.76. The summed E-state index contributed by atoms with van der Waals surface area (Å²) in [6.07, 6.45) is 1.14. The number of hydrogen-bond acceptors (Lipinski definition) is 3. The average molecular weight is 338 g/mol. The predicted octanol–water partition coefficient (Wildman–Crippen LogP) is 2.45. The number of para-hydroxylation sites is 2. The van der Waals surface area contributed by atoms with Crippen molar-refractivity contribution in [3.05, 3.63) is 66.7 Å². The van der Waals surface area contributed by atoms with Gasteiger partial charge in [-0.1, -0.05) is 42.5 Å². The lowest BCUT2D eigenvalue weighted by molar-refractivity contribution is -0.665. The molecule has 0 saturated carbocycles. The minimum Gasteiger partial charge on any atom is -0.491 e. The molecule has 0 aliphatic rings. The molecule has 0 saturated heterocycles. The summed E-state index contributed by atoms with van der Waals surface area (Å²) in [5, 5.41) is 10.4. The van der Waals surface area contributed by atoms with Gasteiger partial charge in [0.15, 0.2) is 0 Å². The molecule has 3 aromatic rings. The summed E-state index contributed by atoms with van der Waals surface area (Å²) in [5.74, 6) is 1.34. The number of aromatic nitrogens is 2. The van der Waals surface area contributed by atoms with Crippen LogP contribution in [0.1, 0.15) is 5.56 Å². The van der Waals surface area contributed by atoms with Crippen molar-refractivity contribution in [1.82, 2.24) is 4.57 Å². The Morgan fingerprint density at radius 2 is 1.96 bits per heavy atom. The van der Waals surface area contributed by atoms with Gasteiger partial charge >= 0.3 is 5.95 Å². The molecular formula is C20H24N3O2+. The number of ether oxygens (including phenoxy) is 1. The molecule has 1 atom stereocenters. The third-order valence-electron chi connectivity index (χ3n) is 4.18. The standard InChI is InChI=1S/C20H23N3O2/c1-3-12-22-18-6-4-5-7-19(18)23(20(22)21)13-16(24)14-25-17-10-8-15(2)9-11-17/h3-11,16,21,24H,1,12-14H2,2H3/p+1/t16-/m0/s1. The van der Waals surface area contributed by atoms with Gasteiger partial charge in [-0.05, 0) is 31.2 Å². The fourth-order valence-electron chi connectivity index (χ4n) is 2.92. The molecule has 0 radical (unpaired) electrons. The molecule has 5 heteroatoms. The van der Waals surface area contributed by atoms with Crippen molar-refractivity contribution in [2.75, 3.05) is 12.3 Å². The Hall–Kier alpha value is -2.79. The van der Waals surface area contributed by atoms with Crippen molar-refractivity contribution in [2.45, 2.75) is 26.1 Å². The van der Waals surface area contributed by atoms with Crippen LogP contribution in [0, 0.1) is 6.92 Å². The normalized spacial score (nSPS) is 12.2. The van der Waals surface area contributed by atoms with E-state index in [0.717, 1.165) is 16.8 Å². The Morgan fingerprint density at radius 3 is 2.68 bits per heavy atom. The number of nitrogens with two attached hydrogens (primary N) is 1. The Kier molecular flexibility index (Phi) is 5.05. The van der Waals surface area contributed by atoms with Crippen LogP contribution in [0.4, 0.5) is 5.95 Å². The largest absolute Gasteiger partial charge is 0.491 e. The molecule has 5 nitrogen and oxygen atoms in total. The summed E-state index contributed by atoms with van der Waals surface area (Å²) in [6, 6.07) is 15.7. The molecule has 2 aromatic carbocycles. The number of benzene rings is 2. The number of nitrogens with zero attached hydrogens (tertiary/aromatic N) is 2. The van der Waals surface area contributed by atoms with Crippen LogP contribution in [0.15, 0.2) is 61.2 Å². The summed E-state index contributed by atoms with van der Waals surface area (Å²) in [6.45, 7) is 7.00. The number of aliphatic hydroxyl groups is 1. The van der Waals surface area contributed by atoms with Gasteiger partial charge in [-0.15, -0.1) is 0 Å². The van der Waals surface area contributed by atoms with Crippen molar-refractivity contribution in [2.24, 2.45) is 0 Å². The highest BCUT2D eigenvalue weighted by Gasteiger charge is 2.22.